The first kappa shape index (κ1) is 15.3. The van der Waals surface area contributed by atoms with Crippen LogP contribution in [0.3, 0.4) is 0 Å². The lowest BCUT2D eigenvalue weighted by Gasteiger charge is -2.13. The Labute approximate surface area is 135 Å². The number of fused-ring (bicyclic) bond motifs is 1. The van der Waals surface area contributed by atoms with E-state index in [1.807, 2.05) is 41.9 Å². The number of aryl methyl sites for hydroxylation is 1. The van der Waals surface area contributed by atoms with Crippen LogP contribution in [0.5, 0.6) is 0 Å². The summed E-state index contributed by atoms with van der Waals surface area (Å²) in [5.41, 5.74) is 2.73. The summed E-state index contributed by atoms with van der Waals surface area (Å²) in [5, 5.41) is 7.38. The van der Waals surface area contributed by atoms with Crippen LogP contribution in [-0.2, 0) is 23.8 Å². The van der Waals surface area contributed by atoms with E-state index in [0.717, 1.165) is 16.7 Å². The van der Waals surface area contributed by atoms with E-state index in [9.17, 15) is 4.79 Å². The molecule has 3 rings (SSSR count). The number of para-hydroxylation sites is 2. The summed E-state index contributed by atoms with van der Waals surface area (Å²) < 4.78 is 3.54. The van der Waals surface area contributed by atoms with Crippen molar-refractivity contribution in [1.29, 1.82) is 0 Å². The highest BCUT2D eigenvalue weighted by atomic mass is 16.2. The molecule has 120 valence electrons. The molecule has 6 heteroatoms. The zero-order valence-electron chi connectivity index (χ0n) is 13.9. The lowest BCUT2D eigenvalue weighted by atomic mass is 9.92. The van der Waals surface area contributed by atoms with Crippen molar-refractivity contribution in [3.8, 4) is 0 Å². The molecule has 6 nitrogen and oxygen atoms in total. The van der Waals surface area contributed by atoms with Crippen molar-refractivity contribution in [3.05, 3.63) is 42.4 Å². The number of hydrogen-bond donors (Lipinski definition) is 1. The molecule has 0 spiro atoms. The smallest absolute Gasteiger partial charge is 0.245 e. The van der Waals surface area contributed by atoms with Crippen LogP contribution in [0.25, 0.3) is 11.0 Å². The average Bonchev–Trinajstić information content (AvgIpc) is 3.04. The third kappa shape index (κ3) is 3.11. The number of anilines is 1. The van der Waals surface area contributed by atoms with Gasteiger partial charge < -0.3 is 9.88 Å². The summed E-state index contributed by atoms with van der Waals surface area (Å²) in [7, 11) is 1.83. The molecule has 1 N–H and O–H groups in total. The van der Waals surface area contributed by atoms with E-state index in [1.54, 1.807) is 11.0 Å². The van der Waals surface area contributed by atoms with Gasteiger partial charge in [-0.25, -0.2) is 4.98 Å². The predicted molar refractivity (Wildman–Crippen MR) is 90.3 cm³/mol. The van der Waals surface area contributed by atoms with E-state index in [4.69, 9.17) is 0 Å². The van der Waals surface area contributed by atoms with E-state index in [0.29, 0.717) is 5.82 Å². The Balaban J connectivity index is 1.76. The maximum absolute atomic E-state index is 12.3. The third-order valence-corrected chi connectivity index (χ3v) is 3.76. The van der Waals surface area contributed by atoms with E-state index in [2.05, 4.69) is 36.2 Å². The van der Waals surface area contributed by atoms with Crippen LogP contribution >= 0.6 is 0 Å². The first-order valence-corrected chi connectivity index (χ1v) is 7.59. The Hall–Kier alpha value is -2.63. The average molecular weight is 311 g/mol. The second-order valence-corrected chi connectivity index (χ2v) is 6.70. The zero-order chi connectivity index (χ0) is 16.6. The fourth-order valence-electron chi connectivity index (χ4n) is 2.42. The van der Waals surface area contributed by atoms with Gasteiger partial charge in [-0.05, 0) is 12.1 Å². The van der Waals surface area contributed by atoms with Gasteiger partial charge in [0.2, 0.25) is 5.91 Å². The van der Waals surface area contributed by atoms with Gasteiger partial charge in [-0.1, -0.05) is 32.9 Å². The van der Waals surface area contributed by atoms with E-state index in [-0.39, 0.29) is 17.9 Å². The number of carbonyl (C=O) groups is 1. The van der Waals surface area contributed by atoms with Crippen molar-refractivity contribution >= 4 is 22.8 Å². The number of benzene rings is 1. The number of nitrogens with one attached hydrogen (secondary N) is 1. The van der Waals surface area contributed by atoms with Crippen LogP contribution < -0.4 is 5.32 Å². The molecule has 1 aromatic carbocycles. The molecule has 2 aromatic heterocycles. The number of imidazole rings is 1. The maximum Gasteiger partial charge on any atom is 0.245 e. The Bertz CT molecular complexity index is 853. The van der Waals surface area contributed by atoms with Crippen molar-refractivity contribution in [1.82, 2.24) is 19.3 Å². The SMILES string of the molecule is Cn1nc(C(C)(C)C)cc1NC(=O)Cn1cnc2ccccc21. The number of aromatic nitrogens is 4. The second kappa shape index (κ2) is 5.53. The highest BCUT2D eigenvalue weighted by molar-refractivity contribution is 5.90. The number of nitrogens with zero attached hydrogens (tertiary/aromatic N) is 4. The summed E-state index contributed by atoms with van der Waals surface area (Å²) in [4.78, 5) is 16.6. The van der Waals surface area contributed by atoms with Crippen molar-refractivity contribution in [3.63, 3.8) is 0 Å². The van der Waals surface area contributed by atoms with Crippen molar-refractivity contribution in [2.24, 2.45) is 7.05 Å². The second-order valence-electron chi connectivity index (χ2n) is 6.70. The van der Waals surface area contributed by atoms with Gasteiger partial charge >= 0.3 is 0 Å². The van der Waals surface area contributed by atoms with Crippen molar-refractivity contribution < 1.29 is 4.79 Å². The van der Waals surface area contributed by atoms with Crippen LogP contribution in [0.15, 0.2) is 36.7 Å². The molecule has 0 saturated heterocycles. The molecule has 0 atom stereocenters. The van der Waals surface area contributed by atoms with E-state index >= 15 is 0 Å². The molecule has 3 aromatic rings. The summed E-state index contributed by atoms with van der Waals surface area (Å²) in [6, 6.07) is 9.68. The van der Waals surface area contributed by atoms with Crippen LogP contribution in [-0.4, -0.2) is 25.2 Å². The highest BCUT2D eigenvalue weighted by Gasteiger charge is 2.19. The lowest BCUT2D eigenvalue weighted by Crippen LogP contribution is -2.19. The van der Waals surface area contributed by atoms with Crippen LogP contribution in [0, 0.1) is 0 Å². The summed E-state index contributed by atoms with van der Waals surface area (Å²) in [6.45, 7) is 6.51. The largest absolute Gasteiger partial charge is 0.321 e. The molecule has 0 bridgehead atoms. The van der Waals surface area contributed by atoms with Gasteiger partial charge in [-0.3, -0.25) is 9.48 Å². The van der Waals surface area contributed by atoms with Gasteiger partial charge in [0.1, 0.15) is 12.4 Å². The highest BCUT2D eigenvalue weighted by Crippen LogP contribution is 2.23. The number of hydrogen-bond acceptors (Lipinski definition) is 3. The van der Waals surface area contributed by atoms with Gasteiger partial charge in [0.15, 0.2) is 0 Å². The molecule has 0 aliphatic rings. The first-order chi connectivity index (χ1) is 10.8. The third-order valence-electron chi connectivity index (χ3n) is 3.76. The molecule has 0 fully saturated rings. The van der Waals surface area contributed by atoms with Crippen LogP contribution in [0.1, 0.15) is 26.5 Å². The molecule has 0 aliphatic heterocycles. The molecular formula is C17H21N5O. The molecule has 0 saturated carbocycles. The molecule has 0 unspecified atom stereocenters. The first-order valence-electron chi connectivity index (χ1n) is 7.59. The quantitative estimate of drug-likeness (QED) is 0.809. The lowest BCUT2D eigenvalue weighted by molar-refractivity contribution is -0.116. The molecule has 23 heavy (non-hydrogen) atoms. The Morgan fingerprint density at radius 2 is 2.00 bits per heavy atom. The Morgan fingerprint density at radius 3 is 2.70 bits per heavy atom. The van der Waals surface area contributed by atoms with Gasteiger partial charge in [-0.2, -0.15) is 5.10 Å². The fraction of sp³-hybridized carbons (Fsp3) is 0.353. The van der Waals surface area contributed by atoms with Gasteiger partial charge in [-0.15, -0.1) is 0 Å². The van der Waals surface area contributed by atoms with Gasteiger partial charge in [0.05, 0.1) is 23.1 Å². The van der Waals surface area contributed by atoms with Crippen molar-refractivity contribution in [2.45, 2.75) is 32.7 Å². The topological polar surface area (TPSA) is 64.7 Å². The summed E-state index contributed by atoms with van der Waals surface area (Å²) >= 11 is 0. The van der Waals surface area contributed by atoms with Gasteiger partial charge in [0, 0.05) is 18.5 Å². The minimum absolute atomic E-state index is 0.0543. The maximum atomic E-state index is 12.3. The summed E-state index contributed by atoms with van der Waals surface area (Å²) in [6.07, 6.45) is 1.69. The van der Waals surface area contributed by atoms with Gasteiger partial charge in [0.25, 0.3) is 0 Å². The minimum atomic E-state index is -0.100. The summed E-state index contributed by atoms with van der Waals surface area (Å²) in [5.74, 6) is 0.598. The normalized spacial score (nSPS) is 11.8. The minimum Gasteiger partial charge on any atom is -0.321 e. The molecule has 1 amide bonds. The fourth-order valence-corrected chi connectivity index (χ4v) is 2.42. The number of carbonyl (C=O) groups excluding carboxylic acids is 1. The van der Waals surface area contributed by atoms with Crippen LogP contribution in [0.2, 0.25) is 0 Å². The monoisotopic (exact) mass is 311 g/mol. The van der Waals surface area contributed by atoms with Crippen molar-refractivity contribution in [2.75, 3.05) is 5.32 Å². The predicted octanol–water partition coefficient (Wildman–Crippen LogP) is 2.71. The molecule has 2 heterocycles. The number of rotatable bonds is 3. The van der Waals surface area contributed by atoms with E-state index < -0.39 is 0 Å². The van der Waals surface area contributed by atoms with Crippen LogP contribution in [0.4, 0.5) is 5.82 Å². The van der Waals surface area contributed by atoms with E-state index in [1.165, 1.54) is 0 Å². The zero-order valence-corrected chi connectivity index (χ0v) is 13.9. The Kier molecular flexibility index (Phi) is 3.67. The number of amides is 1. The molecule has 0 radical (unpaired) electrons. The standard InChI is InChI=1S/C17H21N5O/c1-17(2,3)14-9-15(21(4)20-14)19-16(23)10-22-11-18-12-7-5-6-8-13(12)22/h5-9,11H,10H2,1-4H3,(H,19,23). The Morgan fingerprint density at radius 1 is 1.26 bits per heavy atom. The molecular weight excluding hydrogens is 290 g/mol. The molecule has 0 aliphatic carbocycles.